The van der Waals surface area contributed by atoms with Gasteiger partial charge in [0.1, 0.15) is 0 Å². The summed E-state index contributed by atoms with van der Waals surface area (Å²) in [7, 11) is 14.4. The van der Waals surface area contributed by atoms with Crippen LogP contribution in [0.5, 0.6) is 0 Å². The molecule has 0 aliphatic rings. The van der Waals surface area contributed by atoms with Gasteiger partial charge in [0.25, 0.3) is 0 Å². The molecule has 2 rings (SSSR count). The van der Waals surface area contributed by atoms with Gasteiger partial charge in [-0.05, 0) is 24.3 Å². The zero-order valence-electron chi connectivity index (χ0n) is 11.0. The molecule has 0 atom stereocenters. The largest absolute Gasteiger partial charge is 0.265 e. The standard InChI is InChI=1S/2C5H5N.C2H6OS.3ClH.Rh/c2*1-2-4-6-5-3-1;1-4(2)3;;;;/h2*1-5H;1-2H3;3*1H;/q;;;;;;+3/p-2. The van der Waals surface area contributed by atoms with Gasteiger partial charge in [-0.3, -0.25) is 14.2 Å². The van der Waals surface area contributed by atoms with Crippen LogP contribution in [0, 0.1) is 0 Å². The fraction of sp³-hybridized carbons (Fsp3) is 0.167. The number of pyridine rings is 2. The van der Waals surface area contributed by atoms with Gasteiger partial charge in [0.05, 0.1) is 12.5 Å². The van der Waals surface area contributed by atoms with Gasteiger partial charge in [-0.25, -0.2) is 0 Å². The maximum Gasteiger partial charge on any atom is 0.0267 e. The Bertz CT molecular complexity index is 318. The molecule has 0 saturated carbocycles. The van der Waals surface area contributed by atoms with Crippen molar-refractivity contribution >= 4 is 39.9 Å². The van der Waals surface area contributed by atoms with Crippen molar-refractivity contribution in [3.8, 4) is 0 Å². The zero-order chi connectivity index (χ0) is 15.6. The summed E-state index contributed by atoms with van der Waals surface area (Å²) in [6, 6.07) is 11.4. The minimum absolute atomic E-state index is 0.361. The van der Waals surface area contributed by atoms with E-state index in [9.17, 15) is 0 Å². The van der Waals surface area contributed by atoms with E-state index in [0.717, 1.165) is 0 Å². The minimum Gasteiger partial charge on any atom is -0.265 e. The number of hydrogen-bond donors (Lipinski definition) is 0. The molecule has 0 unspecified atom stereocenters. The van der Waals surface area contributed by atoms with Gasteiger partial charge in [-0.1, -0.05) is 12.1 Å². The van der Waals surface area contributed by atoms with E-state index >= 15 is 0 Å². The molecule has 2 heterocycles. The molecule has 0 aliphatic carbocycles. The smallest absolute Gasteiger partial charge is 0.0267 e. The average Bonchev–Trinajstić information content (AvgIpc) is 2.42. The van der Waals surface area contributed by atoms with Crippen molar-refractivity contribution < 1.29 is 17.2 Å². The van der Waals surface area contributed by atoms with Crippen LogP contribution in [-0.2, 0) is 23.8 Å². The van der Waals surface area contributed by atoms with Crippen LogP contribution in [0.1, 0.15) is 0 Å². The van der Waals surface area contributed by atoms with Gasteiger partial charge in [-0.2, -0.15) is 0 Å². The number of halogens is 3. The first kappa shape index (κ1) is 22.2. The second-order valence-electron chi connectivity index (χ2n) is 2.97. The Balaban J connectivity index is 0. The average molecular weight is 447 g/mol. The Morgan fingerprint density at radius 2 is 0.950 bits per heavy atom. The summed E-state index contributed by atoms with van der Waals surface area (Å²) < 4.78 is 8.08. The molecular weight excluding hydrogens is 429 g/mol. The molecule has 0 bridgehead atoms. The van der Waals surface area contributed by atoms with E-state index in [2.05, 4.69) is 9.97 Å². The van der Waals surface area contributed by atoms with Crippen molar-refractivity contribution in [1.82, 2.24) is 9.97 Å². The van der Waals surface area contributed by atoms with Gasteiger partial charge in [0.2, 0.25) is 0 Å². The van der Waals surface area contributed by atoms with Gasteiger partial charge in [0, 0.05) is 24.8 Å². The number of aromatic nitrogens is 2. The van der Waals surface area contributed by atoms with Crippen LogP contribution in [0.4, 0.5) is 0 Å². The quantitative estimate of drug-likeness (QED) is 0.445. The Morgan fingerprint density at radius 1 is 0.750 bits per heavy atom. The van der Waals surface area contributed by atoms with Crippen LogP contribution in [0.3, 0.4) is 0 Å². The first-order valence-electron chi connectivity index (χ1n) is 5.08. The van der Waals surface area contributed by atoms with E-state index in [-0.39, 0.29) is 10.8 Å². The molecule has 2 aromatic rings. The normalized spacial score (nSPS) is 8.80. The van der Waals surface area contributed by atoms with Crippen LogP contribution in [0.25, 0.3) is 0 Å². The predicted molar refractivity (Wildman–Crippen MR) is 87.2 cm³/mol. The van der Waals surface area contributed by atoms with Crippen molar-refractivity contribution in [1.29, 1.82) is 0 Å². The van der Waals surface area contributed by atoms with Crippen molar-refractivity contribution in [3.63, 3.8) is 0 Å². The SMILES string of the molecule is CS(C)=[OH+].[Cl][Rh]([Cl])[Cl].c1ccncc1.c1ccncc1. The molecule has 0 saturated heterocycles. The maximum absolute atomic E-state index is 8.08. The van der Waals surface area contributed by atoms with Crippen molar-refractivity contribution in [2.24, 2.45) is 0 Å². The van der Waals surface area contributed by atoms with Gasteiger partial charge in [0.15, 0.2) is 10.8 Å². The van der Waals surface area contributed by atoms with E-state index in [4.69, 9.17) is 33.3 Å². The number of hydrogen-bond acceptors (Lipinski definition) is 2. The fourth-order valence-corrected chi connectivity index (χ4v) is 0.625. The van der Waals surface area contributed by atoms with E-state index in [1.807, 2.05) is 36.4 Å². The van der Waals surface area contributed by atoms with Gasteiger partial charge >= 0.3 is 42.1 Å². The molecular formula is C12H17Cl3N2ORhS+. The summed E-state index contributed by atoms with van der Waals surface area (Å²) in [6.45, 7) is 0. The molecule has 0 aromatic carbocycles. The summed E-state index contributed by atoms with van der Waals surface area (Å²) in [5.41, 5.74) is 0. The summed E-state index contributed by atoms with van der Waals surface area (Å²) in [4.78, 5) is 7.57. The third-order valence-corrected chi connectivity index (χ3v) is 1.13. The van der Waals surface area contributed by atoms with Gasteiger partial charge < -0.3 is 0 Å². The summed E-state index contributed by atoms with van der Waals surface area (Å²) in [5.74, 6) is 0. The first-order chi connectivity index (χ1) is 9.46. The van der Waals surface area contributed by atoms with E-state index < -0.39 is 13.0 Å². The molecule has 0 fully saturated rings. The summed E-state index contributed by atoms with van der Waals surface area (Å²) in [5, 5.41) is 0. The topological polar surface area (TPSA) is 47.2 Å². The predicted octanol–water partition coefficient (Wildman–Crippen LogP) is 4.38. The molecule has 2 aromatic heterocycles. The minimum atomic E-state index is -1.66. The summed E-state index contributed by atoms with van der Waals surface area (Å²) >= 11 is -1.66. The molecule has 3 nitrogen and oxygen atoms in total. The molecule has 8 heteroatoms. The molecule has 0 amide bonds. The third-order valence-electron chi connectivity index (χ3n) is 1.13. The van der Waals surface area contributed by atoms with Crippen molar-refractivity contribution in [3.05, 3.63) is 61.2 Å². The monoisotopic (exact) mass is 445 g/mol. The van der Waals surface area contributed by atoms with E-state index in [0.29, 0.717) is 0 Å². The maximum atomic E-state index is 8.08. The van der Waals surface area contributed by atoms with Gasteiger partial charge in [-0.15, -0.1) is 0 Å². The number of rotatable bonds is 0. The van der Waals surface area contributed by atoms with Crippen molar-refractivity contribution in [2.45, 2.75) is 0 Å². The zero-order valence-corrected chi connectivity index (χ0v) is 15.7. The molecule has 0 aliphatic heterocycles. The van der Waals surface area contributed by atoms with Crippen LogP contribution < -0.4 is 0 Å². The van der Waals surface area contributed by atoms with Crippen LogP contribution in [-0.4, -0.2) is 26.7 Å². The first-order valence-corrected chi connectivity index (χ1v) is 13.4. The van der Waals surface area contributed by atoms with E-state index in [1.165, 1.54) is 0 Å². The van der Waals surface area contributed by atoms with Crippen LogP contribution in [0.2, 0.25) is 0 Å². The molecule has 20 heavy (non-hydrogen) atoms. The number of nitrogens with zero attached hydrogens (tertiary/aromatic N) is 2. The Kier molecular flexibility index (Phi) is 21.1. The second kappa shape index (κ2) is 18.9. The Morgan fingerprint density at radius 3 is 1.00 bits per heavy atom. The fourth-order valence-electron chi connectivity index (χ4n) is 0.625. The molecule has 116 valence electrons. The Labute approximate surface area is 140 Å². The Hall–Kier alpha value is -0.0566. The van der Waals surface area contributed by atoms with Crippen LogP contribution in [0.15, 0.2) is 61.2 Å². The van der Waals surface area contributed by atoms with Crippen molar-refractivity contribution in [2.75, 3.05) is 12.5 Å². The molecule has 0 radical (unpaired) electrons. The van der Waals surface area contributed by atoms with Crippen LogP contribution >= 0.6 is 29.1 Å². The van der Waals surface area contributed by atoms with E-state index in [1.54, 1.807) is 37.3 Å². The molecule has 1 N–H and O–H groups in total. The third kappa shape index (κ3) is 36.1. The molecule has 0 spiro atoms. The second-order valence-corrected chi connectivity index (χ2v) is 12.0. The summed E-state index contributed by atoms with van der Waals surface area (Å²) in [6.07, 6.45) is 10.5.